The fourth-order valence-corrected chi connectivity index (χ4v) is 4.39. The summed E-state index contributed by atoms with van der Waals surface area (Å²) in [6.07, 6.45) is 1.71. The van der Waals surface area contributed by atoms with E-state index >= 15 is 0 Å². The monoisotopic (exact) mass is 344 g/mol. The van der Waals surface area contributed by atoms with Gasteiger partial charge in [-0.15, -0.1) is 10.2 Å². The molecule has 2 fully saturated rings. The summed E-state index contributed by atoms with van der Waals surface area (Å²) in [4.78, 5) is 13.8. The molecule has 0 aromatic carbocycles. The first-order valence-corrected chi connectivity index (χ1v) is 9.34. The van der Waals surface area contributed by atoms with Gasteiger partial charge in [0.15, 0.2) is 0 Å². The third-order valence-electron chi connectivity index (χ3n) is 5.02. The molecule has 0 aliphatic carbocycles. The summed E-state index contributed by atoms with van der Waals surface area (Å²) in [5.41, 5.74) is 1.16. The van der Waals surface area contributed by atoms with Crippen LogP contribution in [0, 0.1) is 18.8 Å². The molecule has 6 nitrogen and oxygen atoms in total. The van der Waals surface area contributed by atoms with Crippen molar-refractivity contribution in [1.29, 1.82) is 0 Å². The van der Waals surface area contributed by atoms with Crippen molar-refractivity contribution in [3.8, 4) is 0 Å². The highest BCUT2D eigenvalue weighted by atomic mass is 32.1. The van der Waals surface area contributed by atoms with E-state index in [0.29, 0.717) is 11.8 Å². The fraction of sp³-hybridized carbons (Fsp3) is 0.647. The Morgan fingerprint density at radius 1 is 1.00 bits per heavy atom. The number of fused-ring (bicyclic) bond motifs is 1. The average molecular weight is 344 g/mol. The van der Waals surface area contributed by atoms with E-state index in [2.05, 4.69) is 56.8 Å². The smallest absolute Gasteiger partial charge is 0.208 e. The van der Waals surface area contributed by atoms with E-state index in [-0.39, 0.29) is 5.41 Å². The lowest BCUT2D eigenvalue weighted by Crippen LogP contribution is -2.29. The van der Waals surface area contributed by atoms with Gasteiger partial charge in [0.05, 0.1) is 5.69 Å². The van der Waals surface area contributed by atoms with Crippen LogP contribution in [0.3, 0.4) is 0 Å². The lowest BCUT2D eigenvalue weighted by Gasteiger charge is -2.24. The van der Waals surface area contributed by atoms with E-state index in [1.807, 2.05) is 6.92 Å². The summed E-state index contributed by atoms with van der Waals surface area (Å²) in [5.74, 6) is 2.44. The van der Waals surface area contributed by atoms with Crippen molar-refractivity contribution in [1.82, 2.24) is 20.2 Å². The van der Waals surface area contributed by atoms with Gasteiger partial charge in [-0.05, 0) is 6.92 Å². The van der Waals surface area contributed by atoms with Crippen LogP contribution in [0.4, 0.5) is 10.9 Å². The van der Waals surface area contributed by atoms with Crippen LogP contribution in [0.2, 0.25) is 0 Å². The Kier molecular flexibility index (Phi) is 3.71. The molecule has 2 saturated heterocycles. The van der Waals surface area contributed by atoms with Crippen LogP contribution in [0.5, 0.6) is 0 Å². The highest BCUT2D eigenvalue weighted by Gasteiger charge is 2.41. The number of hydrogen-bond acceptors (Lipinski definition) is 7. The Hall–Kier alpha value is -1.76. The van der Waals surface area contributed by atoms with Crippen molar-refractivity contribution >= 4 is 22.3 Å². The molecule has 2 aliphatic heterocycles. The Bertz CT molecular complexity index is 723. The minimum Gasteiger partial charge on any atom is -0.356 e. The molecule has 2 atom stereocenters. The summed E-state index contributed by atoms with van der Waals surface area (Å²) in [6.45, 7) is 12.9. The summed E-state index contributed by atoms with van der Waals surface area (Å²) < 4.78 is 0. The van der Waals surface area contributed by atoms with Gasteiger partial charge < -0.3 is 9.80 Å². The molecule has 128 valence electrons. The predicted octanol–water partition coefficient (Wildman–Crippen LogP) is 2.51. The Morgan fingerprint density at radius 3 is 2.25 bits per heavy atom. The van der Waals surface area contributed by atoms with Gasteiger partial charge in [-0.2, -0.15) is 0 Å². The molecular formula is C17H24N6S. The summed E-state index contributed by atoms with van der Waals surface area (Å²) in [7, 11) is 0. The highest BCUT2D eigenvalue weighted by Crippen LogP contribution is 2.36. The molecule has 24 heavy (non-hydrogen) atoms. The standard InChI is InChI=1S/C17H24N6S/c1-11-20-21-16(24-11)23-8-12-6-22(7-13(12)9-23)15-5-14(17(2,3)4)18-10-19-15/h5,10,12-13H,6-9H2,1-4H3. The maximum Gasteiger partial charge on any atom is 0.208 e. The summed E-state index contributed by atoms with van der Waals surface area (Å²) in [5, 5.41) is 10.6. The number of aromatic nitrogens is 4. The Morgan fingerprint density at radius 2 is 1.67 bits per heavy atom. The van der Waals surface area contributed by atoms with Gasteiger partial charge in [0, 0.05) is 49.5 Å². The maximum atomic E-state index is 4.52. The second kappa shape index (κ2) is 5.65. The molecule has 2 aromatic rings. The predicted molar refractivity (Wildman–Crippen MR) is 96.8 cm³/mol. The van der Waals surface area contributed by atoms with Crippen molar-refractivity contribution in [3.05, 3.63) is 23.1 Å². The summed E-state index contributed by atoms with van der Waals surface area (Å²) in [6, 6.07) is 2.16. The lowest BCUT2D eigenvalue weighted by molar-refractivity contribution is 0.533. The molecule has 0 spiro atoms. The van der Waals surface area contributed by atoms with E-state index in [9.17, 15) is 0 Å². The molecule has 4 rings (SSSR count). The molecule has 0 saturated carbocycles. The largest absolute Gasteiger partial charge is 0.356 e. The molecular weight excluding hydrogens is 320 g/mol. The molecule has 7 heteroatoms. The number of aryl methyl sites for hydroxylation is 1. The van der Waals surface area contributed by atoms with Crippen molar-refractivity contribution in [2.45, 2.75) is 33.1 Å². The average Bonchev–Trinajstić information content (AvgIpc) is 3.20. The number of nitrogens with zero attached hydrogens (tertiary/aromatic N) is 6. The quantitative estimate of drug-likeness (QED) is 0.834. The fourth-order valence-electron chi connectivity index (χ4n) is 3.68. The number of hydrogen-bond donors (Lipinski definition) is 0. The van der Waals surface area contributed by atoms with E-state index in [1.54, 1.807) is 17.7 Å². The van der Waals surface area contributed by atoms with Gasteiger partial charge in [-0.1, -0.05) is 32.1 Å². The normalized spacial score (nSPS) is 23.8. The minimum absolute atomic E-state index is 0.0553. The van der Waals surface area contributed by atoms with Gasteiger partial charge in [0.25, 0.3) is 0 Å². The molecule has 2 aromatic heterocycles. The first-order chi connectivity index (χ1) is 11.4. The molecule has 0 bridgehead atoms. The van der Waals surface area contributed by atoms with Crippen LogP contribution in [0.1, 0.15) is 31.5 Å². The lowest BCUT2D eigenvalue weighted by atomic mass is 9.92. The van der Waals surface area contributed by atoms with Crippen molar-refractivity contribution in [2.75, 3.05) is 36.0 Å². The molecule has 0 amide bonds. The molecule has 4 heterocycles. The third-order valence-corrected chi connectivity index (χ3v) is 5.92. The second-order valence-electron chi connectivity index (χ2n) is 7.95. The van der Waals surface area contributed by atoms with Crippen molar-refractivity contribution in [3.63, 3.8) is 0 Å². The Balaban J connectivity index is 1.46. The SMILES string of the molecule is Cc1nnc(N2CC3CN(c4cc(C(C)(C)C)ncn4)CC3C2)s1. The van der Waals surface area contributed by atoms with E-state index in [1.165, 1.54) is 0 Å². The number of anilines is 2. The maximum absolute atomic E-state index is 4.52. The van der Waals surface area contributed by atoms with Gasteiger partial charge in [0.2, 0.25) is 5.13 Å². The summed E-state index contributed by atoms with van der Waals surface area (Å²) >= 11 is 1.70. The van der Waals surface area contributed by atoms with Gasteiger partial charge in [-0.3, -0.25) is 0 Å². The van der Waals surface area contributed by atoms with Crippen LogP contribution < -0.4 is 9.80 Å². The number of rotatable bonds is 2. The van der Waals surface area contributed by atoms with Crippen LogP contribution in [0.25, 0.3) is 0 Å². The third kappa shape index (κ3) is 2.85. The van der Waals surface area contributed by atoms with Crippen molar-refractivity contribution in [2.24, 2.45) is 11.8 Å². The van der Waals surface area contributed by atoms with Crippen molar-refractivity contribution < 1.29 is 0 Å². The van der Waals surface area contributed by atoms with Crippen LogP contribution in [-0.2, 0) is 5.41 Å². The first kappa shape index (κ1) is 15.7. The van der Waals surface area contributed by atoms with E-state index < -0.39 is 0 Å². The second-order valence-corrected chi connectivity index (χ2v) is 9.11. The van der Waals surface area contributed by atoms with Crippen LogP contribution in [0.15, 0.2) is 12.4 Å². The molecule has 0 N–H and O–H groups in total. The van der Waals surface area contributed by atoms with Gasteiger partial charge in [-0.25, -0.2) is 9.97 Å². The topological polar surface area (TPSA) is 58.0 Å². The molecule has 0 radical (unpaired) electrons. The zero-order valence-electron chi connectivity index (χ0n) is 14.7. The van der Waals surface area contributed by atoms with Gasteiger partial charge >= 0.3 is 0 Å². The van der Waals surface area contributed by atoms with E-state index in [4.69, 9.17) is 0 Å². The zero-order valence-corrected chi connectivity index (χ0v) is 15.5. The van der Waals surface area contributed by atoms with Crippen LogP contribution >= 0.6 is 11.3 Å². The van der Waals surface area contributed by atoms with Crippen LogP contribution in [-0.4, -0.2) is 46.3 Å². The minimum atomic E-state index is 0.0553. The first-order valence-electron chi connectivity index (χ1n) is 8.52. The van der Waals surface area contributed by atoms with E-state index in [0.717, 1.165) is 47.8 Å². The Labute approximate surface area is 146 Å². The van der Waals surface area contributed by atoms with Gasteiger partial charge in [0.1, 0.15) is 17.2 Å². The molecule has 2 aliphatic rings. The highest BCUT2D eigenvalue weighted by molar-refractivity contribution is 7.15. The zero-order chi connectivity index (χ0) is 16.9. The molecule has 2 unspecified atom stereocenters.